The van der Waals surface area contributed by atoms with Gasteiger partial charge in [0.1, 0.15) is 12.4 Å². The highest BCUT2D eigenvalue weighted by Crippen LogP contribution is 2.37. The minimum Gasteiger partial charge on any atom is -0.489 e. The molecule has 3 heterocycles. The van der Waals surface area contributed by atoms with Crippen LogP contribution in [-0.4, -0.2) is 19.8 Å². The predicted octanol–water partition coefficient (Wildman–Crippen LogP) is 4.88. The molecule has 0 aliphatic carbocycles. The second kappa shape index (κ2) is 7.26. The summed E-state index contributed by atoms with van der Waals surface area (Å²) < 4.78 is 11.5. The fraction of sp³-hybridized carbons (Fsp3) is 0.280. The molecule has 0 saturated heterocycles. The van der Waals surface area contributed by atoms with Crippen molar-refractivity contribution in [1.82, 2.24) is 0 Å². The molecule has 6 rings (SSSR count). The van der Waals surface area contributed by atoms with E-state index in [4.69, 9.17) is 9.47 Å². The summed E-state index contributed by atoms with van der Waals surface area (Å²) in [6.07, 6.45) is 1.00. The third-order valence-electron chi connectivity index (χ3n) is 6.30. The van der Waals surface area contributed by atoms with E-state index >= 15 is 0 Å². The molecular weight excluding hydrogens is 374 g/mol. The van der Waals surface area contributed by atoms with Crippen molar-refractivity contribution in [2.45, 2.75) is 25.1 Å². The van der Waals surface area contributed by atoms with Gasteiger partial charge in [0.2, 0.25) is 0 Å². The van der Waals surface area contributed by atoms with Gasteiger partial charge in [-0.05, 0) is 52.9 Å². The van der Waals surface area contributed by atoms with Gasteiger partial charge >= 0.3 is 0 Å². The van der Waals surface area contributed by atoms with Crippen LogP contribution >= 0.6 is 0 Å². The largest absolute Gasteiger partial charge is 0.489 e. The van der Waals surface area contributed by atoms with Gasteiger partial charge in [-0.2, -0.15) is 0 Å². The van der Waals surface area contributed by atoms with Gasteiger partial charge < -0.3 is 25.4 Å². The molecule has 3 aliphatic heterocycles. The molecule has 5 nitrogen and oxygen atoms in total. The molecule has 3 aromatic rings. The number of hydrogen-bond donors (Lipinski definition) is 3. The molecule has 30 heavy (non-hydrogen) atoms. The molecule has 0 fully saturated rings. The maximum Gasteiger partial charge on any atom is 0.142 e. The SMILES string of the molecule is c1ccc2c(c1)NC(c1ccc3c(c1)NCC(c1ccc4c(c1)CCOC4)N3)CO2. The van der Waals surface area contributed by atoms with Crippen LogP contribution in [0.1, 0.15) is 34.3 Å². The van der Waals surface area contributed by atoms with Crippen LogP contribution in [0.15, 0.2) is 60.7 Å². The van der Waals surface area contributed by atoms with E-state index in [1.165, 1.54) is 22.3 Å². The molecule has 0 radical (unpaired) electrons. The Balaban J connectivity index is 1.21. The van der Waals surface area contributed by atoms with Crippen LogP contribution in [0.3, 0.4) is 0 Å². The fourth-order valence-corrected chi connectivity index (χ4v) is 4.60. The zero-order valence-corrected chi connectivity index (χ0v) is 16.8. The van der Waals surface area contributed by atoms with Crippen LogP contribution in [0.4, 0.5) is 17.1 Å². The van der Waals surface area contributed by atoms with Gasteiger partial charge in [0.15, 0.2) is 0 Å². The summed E-state index contributed by atoms with van der Waals surface area (Å²) in [7, 11) is 0. The first-order valence-corrected chi connectivity index (χ1v) is 10.7. The van der Waals surface area contributed by atoms with Gasteiger partial charge in [-0.1, -0.05) is 36.4 Å². The third-order valence-corrected chi connectivity index (χ3v) is 6.30. The normalized spacial score (nSPS) is 21.6. The molecule has 5 heteroatoms. The van der Waals surface area contributed by atoms with Crippen LogP contribution in [-0.2, 0) is 17.8 Å². The Kier molecular flexibility index (Phi) is 4.27. The minimum absolute atomic E-state index is 0.146. The number of para-hydroxylation sites is 2. The van der Waals surface area contributed by atoms with E-state index in [2.05, 4.69) is 58.4 Å². The van der Waals surface area contributed by atoms with E-state index in [1.54, 1.807) is 0 Å². The van der Waals surface area contributed by atoms with Crippen molar-refractivity contribution in [3.05, 3.63) is 82.9 Å². The maximum absolute atomic E-state index is 5.95. The first-order chi connectivity index (χ1) is 14.8. The Hall–Kier alpha value is -3.18. The van der Waals surface area contributed by atoms with Gasteiger partial charge in [0.05, 0.1) is 42.4 Å². The number of nitrogens with one attached hydrogen (secondary N) is 3. The maximum atomic E-state index is 5.95. The summed E-state index contributed by atoms with van der Waals surface area (Å²) in [5, 5.41) is 11.0. The summed E-state index contributed by atoms with van der Waals surface area (Å²) in [6.45, 7) is 3.05. The Bertz CT molecular complexity index is 1100. The number of ether oxygens (including phenoxy) is 2. The number of fused-ring (bicyclic) bond motifs is 3. The Labute approximate surface area is 176 Å². The number of hydrogen-bond acceptors (Lipinski definition) is 5. The number of benzene rings is 3. The van der Waals surface area contributed by atoms with Crippen molar-refractivity contribution in [3.63, 3.8) is 0 Å². The van der Waals surface area contributed by atoms with Crippen LogP contribution in [0.5, 0.6) is 5.75 Å². The summed E-state index contributed by atoms with van der Waals surface area (Å²) in [5.41, 5.74) is 8.65. The molecule has 0 saturated carbocycles. The molecule has 2 atom stereocenters. The van der Waals surface area contributed by atoms with E-state index in [9.17, 15) is 0 Å². The summed E-state index contributed by atoms with van der Waals surface area (Å²) in [4.78, 5) is 0. The molecule has 0 aromatic heterocycles. The zero-order valence-electron chi connectivity index (χ0n) is 16.8. The van der Waals surface area contributed by atoms with E-state index < -0.39 is 0 Å². The second-order valence-electron chi connectivity index (χ2n) is 8.22. The topological polar surface area (TPSA) is 54.5 Å². The van der Waals surface area contributed by atoms with Crippen molar-refractivity contribution in [2.24, 2.45) is 0 Å². The molecule has 3 N–H and O–H groups in total. The van der Waals surface area contributed by atoms with Crippen molar-refractivity contribution >= 4 is 17.1 Å². The smallest absolute Gasteiger partial charge is 0.142 e. The van der Waals surface area contributed by atoms with Gasteiger partial charge in [0.25, 0.3) is 0 Å². The highest BCUT2D eigenvalue weighted by molar-refractivity contribution is 5.73. The summed E-state index contributed by atoms with van der Waals surface area (Å²) in [5.74, 6) is 0.922. The van der Waals surface area contributed by atoms with Crippen molar-refractivity contribution in [1.29, 1.82) is 0 Å². The zero-order chi connectivity index (χ0) is 19.9. The molecule has 152 valence electrons. The average Bonchev–Trinajstić information content (AvgIpc) is 2.83. The predicted molar refractivity (Wildman–Crippen MR) is 119 cm³/mol. The lowest BCUT2D eigenvalue weighted by atomic mass is 9.95. The van der Waals surface area contributed by atoms with Crippen molar-refractivity contribution < 1.29 is 9.47 Å². The Morgan fingerprint density at radius 2 is 1.63 bits per heavy atom. The van der Waals surface area contributed by atoms with Crippen LogP contribution in [0.25, 0.3) is 0 Å². The quantitative estimate of drug-likeness (QED) is 0.573. The Morgan fingerprint density at radius 1 is 0.767 bits per heavy atom. The minimum atomic E-state index is 0.146. The first-order valence-electron chi connectivity index (χ1n) is 10.7. The van der Waals surface area contributed by atoms with E-state index in [1.807, 2.05) is 18.2 Å². The highest BCUT2D eigenvalue weighted by Gasteiger charge is 2.24. The number of anilines is 3. The molecule has 0 spiro atoms. The van der Waals surface area contributed by atoms with E-state index in [-0.39, 0.29) is 12.1 Å². The lowest BCUT2D eigenvalue weighted by molar-refractivity contribution is 0.110. The van der Waals surface area contributed by atoms with Gasteiger partial charge in [-0.3, -0.25) is 0 Å². The van der Waals surface area contributed by atoms with Crippen LogP contribution in [0, 0.1) is 0 Å². The highest BCUT2D eigenvalue weighted by atomic mass is 16.5. The average molecular weight is 399 g/mol. The van der Waals surface area contributed by atoms with Gasteiger partial charge in [0, 0.05) is 6.54 Å². The fourth-order valence-electron chi connectivity index (χ4n) is 4.60. The van der Waals surface area contributed by atoms with Gasteiger partial charge in [-0.15, -0.1) is 0 Å². The van der Waals surface area contributed by atoms with Crippen LogP contribution < -0.4 is 20.7 Å². The monoisotopic (exact) mass is 399 g/mol. The van der Waals surface area contributed by atoms with Crippen LogP contribution in [0.2, 0.25) is 0 Å². The first kappa shape index (κ1) is 17.7. The Morgan fingerprint density at radius 3 is 2.63 bits per heavy atom. The molecule has 2 unspecified atom stereocenters. The van der Waals surface area contributed by atoms with E-state index in [0.29, 0.717) is 6.61 Å². The lowest BCUT2D eigenvalue weighted by Crippen LogP contribution is -2.27. The molecule has 0 bridgehead atoms. The second-order valence-corrected chi connectivity index (χ2v) is 8.22. The lowest BCUT2D eigenvalue weighted by Gasteiger charge is -2.32. The van der Waals surface area contributed by atoms with Crippen molar-refractivity contribution in [2.75, 3.05) is 35.7 Å². The molecule has 0 amide bonds. The molecule has 3 aliphatic rings. The molecule has 3 aromatic carbocycles. The van der Waals surface area contributed by atoms with Crippen molar-refractivity contribution in [3.8, 4) is 5.75 Å². The summed E-state index contributed by atoms with van der Waals surface area (Å²) >= 11 is 0. The van der Waals surface area contributed by atoms with E-state index in [0.717, 1.165) is 49.0 Å². The molecular formula is C25H25N3O2. The summed E-state index contributed by atoms with van der Waals surface area (Å²) in [6, 6.07) is 21.9. The third kappa shape index (κ3) is 3.15. The number of rotatable bonds is 2. The van der Waals surface area contributed by atoms with Gasteiger partial charge in [-0.25, -0.2) is 0 Å². The standard InChI is InChI=1S/C25H25N3O2/c1-2-4-25-21(3-1)28-24(15-30-25)18-7-8-20-22(12-18)26-13-23(27-20)17-5-6-19-14-29-10-9-16(19)11-17/h1-8,11-12,23-24,26-28H,9-10,13-15H2.